The number of hydrogen-bond acceptors (Lipinski definition) is 4. The quantitative estimate of drug-likeness (QED) is 0.176. The van der Waals surface area contributed by atoms with Crippen molar-refractivity contribution in [1.82, 2.24) is 14.5 Å². The van der Waals surface area contributed by atoms with Crippen LogP contribution >= 0.6 is 11.8 Å². The molecule has 48 heavy (non-hydrogen) atoms. The number of rotatable bonds is 5. The first-order valence-corrected chi connectivity index (χ1v) is 16.8. The van der Waals surface area contributed by atoms with Gasteiger partial charge in [0.25, 0.3) is 0 Å². The van der Waals surface area contributed by atoms with Crippen LogP contribution in [-0.2, 0) is 31.9 Å². The molecule has 0 unspecified atom stereocenters. The van der Waals surface area contributed by atoms with Crippen LogP contribution in [0.5, 0.6) is 5.75 Å². The Hall–Kier alpha value is -4.18. The van der Waals surface area contributed by atoms with Gasteiger partial charge in [-0.25, -0.2) is 4.98 Å². The van der Waals surface area contributed by atoms with Gasteiger partial charge in [0.05, 0.1) is 16.2 Å². The Morgan fingerprint density at radius 1 is 0.708 bits per heavy atom. The Morgan fingerprint density at radius 3 is 2.21 bits per heavy atom. The minimum Gasteiger partial charge on any atom is -0.505 e. The minimum atomic E-state index is -0.250. The van der Waals surface area contributed by atoms with E-state index in [1.807, 2.05) is 30.5 Å². The van der Waals surface area contributed by atoms with E-state index in [4.69, 9.17) is 4.98 Å². The zero-order valence-electron chi connectivity index (χ0n) is 28.0. The molecule has 0 fully saturated rings. The molecule has 0 aliphatic heterocycles. The van der Waals surface area contributed by atoms with Crippen molar-refractivity contribution in [2.45, 2.75) is 62.3 Å². The number of pyridine rings is 2. The molecular formula is C42H38N3OPtS-. The van der Waals surface area contributed by atoms with Crippen LogP contribution in [0.3, 0.4) is 0 Å². The van der Waals surface area contributed by atoms with Crippen molar-refractivity contribution in [3.63, 3.8) is 0 Å². The van der Waals surface area contributed by atoms with E-state index in [-0.39, 0.29) is 37.6 Å². The summed E-state index contributed by atoms with van der Waals surface area (Å²) in [5.41, 5.74) is 8.29. The van der Waals surface area contributed by atoms with Crippen molar-refractivity contribution < 1.29 is 26.2 Å². The zero-order valence-corrected chi connectivity index (χ0v) is 31.1. The molecule has 7 rings (SSSR count). The average molecular weight is 828 g/mol. The number of benzene rings is 4. The van der Waals surface area contributed by atoms with Gasteiger partial charge in [-0.2, -0.15) is 0 Å². The van der Waals surface area contributed by atoms with Crippen LogP contribution in [0.25, 0.3) is 50.0 Å². The van der Waals surface area contributed by atoms with Crippen LogP contribution in [-0.4, -0.2) is 19.6 Å². The molecule has 0 aliphatic carbocycles. The summed E-state index contributed by atoms with van der Waals surface area (Å²) in [4.78, 5) is 10.9. The number of nitrogens with zero attached hydrogens (tertiary/aromatic N) is 3. The standard InChI is InChI=1S/C42H38N3OS.Pt/c1-41(2,3)30-25-34(42(4,5)6)39(46)37(26-30)45-36-18-11-10-17-32(36)33-19-20-35(44-40(33)45)29-15-12-16-31(23-29)47-38-24-28(21-22-43-38)27-13-8-7-9-14-27;/h7-22,24-26,46H,1-6H3;/q-1;. The summed E-state index contributed by atoms with van der Waals surface area (Å²) in [5, 5.41) is 14.9. The second-order valence-corrected chi connectivity index (χ2v) is 15.2. The van der Waals surface area contributed by atoms with Crippen LogP contribution in [0.1, 0.15) is 52.7 Å². The van der Waals surface area contributed by atoms with Gasteiger partial charge in [-0.3, -0.25) is 9.55 Å². The van der Waals surface area contributed by atoms with Crippen LogP contribution in [0.15, 0.2) is 125 Å². The maximum absolute atomic E-state index is 11.9. The van der Waals surface area contributed by atoms with Crippen LogP contribution < -0.4 is 0 Å². The SMILES string of the molecule is CC(C)(C)c1cc(-n2c3ccccc3c3ccc(-c4[c-]c(Sc5cc(-c6ccccc6)ccn5)ccc4)nc32)c(O)c(C(C)(C)C)c1.[Pt]. The van der Waals surface area contributed by atoms with E-state index in [0.717, 1.165) is 65.5 Å². The molecule has 0 bridgehead atoms. The van der Waals surface area contributed by atoms with Gasteiger partial charge in [-0.15, -0.1) is 29.8 Å². The van der Waals surface area contributed by atoms with Crippen molar-refractivity contribution in [2.24, 2.45) is 0 Å². The smallest absolute Gasteiger partial charge is 0.143 e. The summed E-state index contributed by atoms with van der Waals surface area (Å²) >= 11 is 1.59. The number of fused-ring (bicyclic) bond motifs is 3. The van der Waals surface area contributed by atoms with Crippen LogP contribution in [0.4, 0.5) is 0 Å². The number of aromatic nitrogens is 3. The number of phenols is 1. The predicted molar refractivity (Wildman–Crippen MR) is 196 cm³/mol. The molecule has 0 amide bonds. The Labute approximate surface area is 301 Å². The third kappa shape index (κ3) is 6.46. The normalized spacial score (nSPS) is 12.0. The van der Waals surface area contributed by atoms with Crippen molar-refractivity contribution >= 4 is 33.7 Å². The third-order valence-corrected chi connectivity index (χ3v) is 9.52. The molecule has 0 saturated heterocycles. The molecule has 1 N–H and O–H groups in total. The van der Waals surface area contributed by atoms with Gasteiger partial charge in [0, 0.05) is 43.6 Å². The molecule has 7 aromatic rings. The molecular weight excluding hydrogens is 790 g/mol. The summed E-state index contributed by atoms with van der Waals surface area (Å²) in [7, 11) is 0. The molecule has 0 atom stereocenters. The first-order valence-electron chi connectivity index (χ1n) is 16.0. The number of phenolic OH excluding ortho intramolecular Hbond substituents is 1. The molecule has 3 aromatic heterocycles. The monoisotopic (exact) mass is 827 g/mol. The number of aromatic hydroxyl groups is 1. The molecule has 244 valence electrons. The zero-order chi connectivity index (χ0) is 32.9. The van der Waals surface area contributed by atoms with Gasteiger partial charge < -0.3 is 5.11 Å². The maximum atomic E-state index is 11.9. The van der Waals surface area contributed by atoms with Crippen LogP contribution in [0, 0.1) is 6.07 Å². The van der Waals surface area contributed by atoms with Gasteiger partial charge in [0.15, 0.2) is 0 Å². The first-order chi connectivity index (χ1) is 22.5. The molecule has 0 radical (unpaired) electrons. The third-order valence-electron chi connectivity index (χ3n) is 8.63. The molecule has 3 heterocycles. The van der Waals surface area contributed by atoms with E-state index in [0.29, 0.717) is 0 Å². The van der Waals surface area contributed by atoms with Gasteiger partial charge in [-0.05, 0) is 57.5 Å². The fourth-order valence-electron chi connectivity index (χ4n) is 6.07. The second-order valence-electron chi connectivity index (χ2n) is 14.1. The fourth-order valence-corrected chi connectivity index (χ4v) is 6.90. The summed E-state index contributed by atoms with van der Waals surface area (Å²) in [6.07, 6.45) is 1.86. The second kappa shape index (κ2) is 13.0. The van der Waals surface area contributed by atoms with Crippen molar-refractivity contribution in [2.75, 3.05) is 0 Å². The summed E-state index contributed by atoms with van der Waals surface area (Å²) in [6, 6.07) is 41.1. The minimum absolute atomic E-state index is 0. The van der Waals surface area contributed by atoms with Gasteiger partial charge in [-0.1, -0.05) is 125 Å². The van der Waals surface area contributed by atoms with Gasteiger partial charge >= 0.3 is 0 Å². The Bertz CT molecular complexity index is 2260. The van der Waals surface area contributed by atoms with E-state index in [2.05, 4.69) is 142 Å². The molecule has 4 nitrogen and oxygen atoms in total. The molecule has 0 saturated carbocycles. The molecule has 6 heteroatoms. The summed E-state index contributed by atoms with van der Waals surface area (Å²) in [5.74, 6) is 0.288. The van der Waals surface area contributed by atoms with E-state index < -0.39 is 0 Å². The molecule has 0 spiro atoms. The summed E-state index contributed by atoms with van der Waals surface area (Å²) < 4.78 is 2.13. The average Bonchev–Trinajstić information content (AvgIpc) is 3.38. The largest absolute Gasteiger partial charge is 0.505 e. The fraction of sp³-hybridized carbons (Fsp3) is 0.190. The van der Waals surface area contributed by atoms with Crippen molar-refractivity contribution in [1.29, 1.82) is 0 Å². The maximum Gasteiger partial charge on any atom is 0.143 e. The van der Waals surface area contributed by atoms with E-state index in [1.165, 1.54) is 5.56 Å². The van der Waals surface area contributed by atoms with Gasteiger partial charge in [0.1, 0.15) is 11.4 Å². The van der Waals surface area contributed by atoms with E-state index >= 15 is 0 Å². The number of para-hydroxylation sites is 1. The van der Waals surface area contributed by atoms with Gasteiger partial charge in [0.2, 0.25) is 0 Å². The van der Waals surface area contributed by atoms with E-state index in [1.54, 1.807) is 11.8 Å². The predicted octanol–water partition coefficient (Wildman–Crippen LogP) is 11.2. The summed E-state index contributed by atoms with van der Waals surface area (Å²) in [6.45, 7) is 13.1. The first kappa shape index (κ1) is 33.7. The van der Waals surface area contributed by atoms with E-state index in [9.17, 15) is 5.11 Å². The molecule has 0 aliphatic rings. The van der Waals surface area contributed by atoms with Crippen molar-refractivity contribution in [3.05, 3.63) is 133 Å². The number of hydrogen-bond donors (Lipinski definition) is 1. The Kier molecular flexibility index (Phi) is 9.15. The van der Waals surface area contributed by atoms with Crippen LogP contribution in [0.2, 0.25) is 0 Å². The Morgan fingerprint density at radius 2 is 1.46 bits per heavy atom. The Balaban J connectivity index is 0.00000401. The van der Waals surface area contributed by atoms with Crippen molar-refractivity contribution in [3.8, 4) is 33.8 Å². The molecule has 4 aromatic carbocycles. The topological polar surface area (TPSA) is 50.9 Å².